The maximum absolute atomic E-state index is 10.5. The molecule has 1 N–H and O–H groups in total. The van der Waals surface area contributed by atoms with Gasteiger partial charge in [0.2, 0.25) is 5.88 Å². The third-order valence-electron chi connectivity index (χ3n) is 8.06. The molecule has 0 radical (unpaired) electrons. The fourth-order valence-corrected chi connectivity index (χ4v) is 6.12. The minimum Gasteiger partial charge on any atom is -0.506 e. The summed E-state index contributed by atoms with van der Waals surface area (Å²) in [7, 11) is 0. The van der Waals surface area contributed by atoms with Crippen LogP contribution in [-0.2, 0) is 21.1 Å². The van der Waals surface area contributed by atoms with Gasteiger partial charge in [0.15, 0.2) is 0 Å². The van der Waals surface area contributed by atoms with Crippen molar-refractivity contribution in [1.82, 2.24) is 14.5 Å². The maximum Gasteiger partial charge on any atom is 0.217 e. The van der Waals surface area contributed by atoms with E-state index in [1.165, 1.54) is 31.2 Å². The fraction of sp³-hybridized carbons (Fsp3) is 0.235. The molecule has 0 amide bonds. The number of aromatic nitrogens is 3. The molecule has 6 aromatic rings. The van der Waals surface area contributed by atoms with Crippen LogP contribution in [0.25, 0.3) is 38.5 Å². The number of aromatic hydroxyl groups is 1. The van der Waals surface area contributed by atoms with Gasteiger partial charge >= 0.3 is 0 Å². The number of fused-ring (bicyclic) bond motifs is 4. The number of ether oxygens (including phenoxy) is 1. The standard InChI is InChI=1S/C34H30N3O2.Pt/c1-21(2)25-13-15-31(38)34-28(25)14-16-33(36-34)39-24-11-12-27-26-9-5-6-10-29(26)37(30(27)20-24)32-19-23(17-18-35-32)22-7-3-4-8-22;/h5-6,9-19,21-22,38H,3-4,7-8H2,1-2H3;/q-1;. The third kappa shape index (κ3) is 4.57. The van der Waals surface area contributed by atoms with Crippen molar-refractivity contribution in [3.63, 3.8) is 0 Å². The molecule has 1 aliphatic carbocycles. The minimum atomic E-state index is 0. The Morgan fingerprint density at radius 3 is 2.55 bits per heavy atom. The summed E-state index contributed by atoms with van der Waals surface area (Å²) < 4.78 is 8.42. The van der Waals surface area contributed by atoms with Crippen molar-refractivity contribution >= 4 is 32.7 Å². The molecule has 0 atom stereocenters. The van der Waals surface area contributed by atoms with Crippen LogP contribution in [-0.4, -0.2) is 19.6 Å². The summed E-state index contributed by atoms with van der Waals surface area (Å²) in [4.78, 5) is 9.46. The zero-order chi connectivity index (χ0) is 26.5. The summed E-state index contributed by atoms with van der Waals surface area (Å²) in [5.74, 6) is 2.94. The van der Waals surface area contributed by atoms with Crippen LogP contribution in [0.3, 0.4) is 0 Å². The summed E-state index contributed by atoms with van der Waals surface area (Å²) in [6, 6.07) is 27.8. The first-order chi connectivity index (χ1) is 19.1. The van der Waals surface area contributed by atoms with E-state index in [4.69, 9.17) is 9.72 Å². The Balaban J connectivity index is 0.00000289. The molecule has 3 heterocycles. The van der Waals surface area contributed by atoms with Crippen molar-refractivity contribution in [2.75, 3.05) is 0 Å². The normalized spacial score (nSPS) is 13.9. The average Bonchev–Trinajstić information content (AvgIpc) is 3.60. The Labute approximate surface area is 248 Å². The van der Waals surface area contributed by atoms with Crippen LogP contribution < -0.4 is 4.74 Å². The summed E-state index contributed by atoms with van der Waals surface area (Å²) in [6.07, 6.45) is 7.01. The third-order valence-corrected chi connectivity index (χ3v) is 8.06. The first kappa shape index (κ1) is 26.5. The Kier molecular flexibility index (Phi) is 7.10. The second-order valence-electron chi connectivity index (χ2n) is 10.8. The molecule has 1 aliphatic rings. The molecule has 3 aromatic carbocycles. The van der Waals surface area contributed by atoms with Gasteiger partial charge in [0, 0.05) is 50.0 Å². The van der Waals surface area contributed by atoms with Crippen LogP contribution in [0.2, 0.25) is 0 Å². The Morgan fingerprint density at radius 2 is 1.73 bits per heavy atom. The van der Waals surface area contributed by atoms with Gasteiger partial charge in [-0.15, -0.1) is 17.5 Å². The van der Waals surface area contributed by atoms with Gasteiger partial charge in [-0.25, -0.2) is 9.97 Å². The molecule has 6 heteroatoms. The van der Waals surface area contributed by atoms with E-state index < -0.39 is 0 Å². The molecular formula is C34H30N3O2Pt-. The predicted molar refractivity (Wildman–Crippen MR) is 156 cm³/mol. The first-order valence-corrected chi connectivity index (χ1v) is 13.8. The molecule has 3 aromatic heterocycles. The van der Waals surface area contributed by atoms with Gasteiger partial charge in [-0.3, -0.25) is 0 Å². The van der Waals surface area contributed by atoms with Crippen molar-refractivity contribution in [3.05, 3.63) is 96.2 Å². The molecule has 7 rings (SSSR count). The van der Waals surface area contributed by atoms with E-state index in [9.17, 15) is 5.11 Å². The van der Waals surface area contributed by atoms with E-state index in [0.29, 0.717) is 29.0 Å². The van der Waals surface area contributed by atoms with Gasteiger partial charge in [0.05, 0.1) is 0 Å². The number of nitrogens with zero attached hydrogens (tertiary/aromatic N) is 3. The number of para-hydroxylation sites is 1. The van der Waals surface area contributed by atoms with Gasteiger partial charge in [0.1, 0.15) is 17.1 Å². The first-order valence-electron chi connectivity index (χ1n) is 13.8. The van der Waals surface area contributed by atoms with Crippen molar-refractivity contribution in [3.8, 4) is 23.2 Å². The fourth-order valence-electron chi connectivity index (χ4n) is 6.12. The largest absolute Gasteiger partial charge is 0.506 e. The zero-order valence-electron chi connectivity index (χ0n) is 22.5. The number of pyridine rings is 2. The van der Waals surface area contributed by atoms with E-state index in [1.54, 1.807) is 6.07 Å². The Bertz CT molecular complexity index is 1850. The topological polar surface area (TPSA) is 60.2 Å². The number of benzene rings is 3. The van der Waals surface area contributed by atoms with Crippen LogP contribution >= 0.6 is 0 Å². The molecule has 0 aliphatic heterocycles. The van der Waals surface area contributed by atoms with Crippen LogP contribution in [0.15, 0.2) is 79.0 Å². The van der Waals surface area contributed by atoms with Crippen molar-refractivity contribution in [2.45, 2.75) is 51.4 Å². The van der Waals surface area contributed by atoms with E-state index in [0.717, 1.165) is 38.6 Å². The molecule has 0 saturated heterocycles. The van der Waals surface area contributed by atoms with E-state index in [2.05, 4.69) is 71.9 Å². The maximum atomic E-state index is 10.5. The zero-order valence-corrected chi connectivity index (χ0v) is 24.8. The van der Waals surface area contributed by atoms with Crippen LogP contribution in [0.5, 0.6) is 17.4 Å². The van der Waals surface area contributed by atoms with Crippen molar-refractivity contribution in [1.29, 1.82) is 0 Å². The molecule has 1 fully saturated rings. The van der Waals surface area contributed by atoms with Gasteiger partial charge in [-0.1, -0.05) is 56.5 Å². The Hall–Kier alpha value is -3.69. The number of phenols is 1. The van der Waals surface area contributed by atoms with E-state index >= 15 is 0 Å². The molecule has 1 saturated carbocycles. The van der Waals surface area contributed by atoms with Crippen LogP contribution in [0, 0.1) is 6.07 Å². The quantitative estimate of drug-likeness (QED) is 0.182. The molecule has 0 unspecified atom stereocenters. The second-order valence-corrected chi connectivity index (χ2v) is 10.8. The van der Waals surface area contributed by atoms with Gasteiger partial charge in [0.25, 0.3) is 0 Å². The SMILES string of the molecule is CC(C)c1ccc(O)c2nc(Oc3[c-]c4c(cc3)c3ccccc3n4-c3cc(C4CCCC4)ccn3)ccc12.[Pt]. The Morgan fingerprint density at radius 1 is 0.925 bits per heavy atom. The second kappa shape index (κ2) is 10.7. The van der Waals surface area contributed by atoms with Gasteiger partial charge < -0.3 is 14.4 Å². The van der Waals surface area contributed by atoms with Crippen LogP contribution in [0.4, 0.5) is 0 Å². The monoisotopic (exact) mass is 707 g/mol. The van der Waals surface area contributed by atoms with E-state index in [-0.39, 0.29) is 26.8 Å². The average molecular weight is 708 g/mol. The molecule has 0 spiro atoms. The number of hydrogen-bond donors (Lipinski definition) is 1. The summed E-state index contributed by atoms with van der Waals surface area (Å²) in [5, 5.41) is 13.7. The van der Waals surface area contributed by atoms with E-state index in [1.807, 2.05) is 30.5 Å². The molecule has 0 bridgehead atoms. The van der Waals surface area contributed by atoms with Crippen LogP contribution in [0.1, 0.15) is 62.5 Å². The smallest absolute Gasteiger partial charge is 0.217 e. The van der Waals surface area contributed by atoms with Gasteiger partial charge in [-0.05, 0) is 71.5 Å². The van der Waals surface area contributed by atoms with Crippen molar-refractivity contribution < 1.29 is 30.9 Å². The summed E-state index contributed by atoms with van der Waals surface area (Å²) in [6.45, 7) is 4.27. The minimum absolute atomic E-state index is 0. The number of phenolic OH excluding ortho intramolecular Hbond substituents is 1. The number of hydrogen-bond acceptors (Lipinski definition) is 4. The molecule has 5 nitrogen and oxygen atoms in total. The molecule has 204 valence electrons. The summed E-state index contributed by atoms with van der Waals surface area (Å²) >= 11 is 0. The molecule has 40 heavy (non-hydrogen) atoms. The molecular weight excluding hydrogens is 677 g/mol. The van der Waals surface area contributed by atoms with Gasteiger partial charge in [-0.2, -0.15) is 6.07 Å². The summed E-state index contributed by atoms with van der Waals surface area (Å²) in [5.41, 5.74) is 5.05. The van der Waals surface area contributed by atoms with Crippen molar-refractivity contribution in [2.24, 2.45) is 0 Å². The number of rotatable bonds is 5. The predicted octanol–water partition coefficient (Wildman–Crippen LogP) is 8.80.